The minimum absolute atomic E-state index is 0.136. The van der Waals surface area contributed by atoms with E-state index in [2.05, 4.69) is 0 Å². The van der Waals surface area contributed by atoms with Gasteiger partial charge in [0.15, 0.2) is 0 Å². The first-order chi connectivity index (χ1) is 9.03. The maximum absolute atomic E-state index is 6.41. The molecule has 0 aromatic heterocycles. The lowest BCUT2D eigenvalue weighted by molar-refractivity contribution is -0.0354. The van der Waals surface area contributed by atoms with Crippen molar-refractivity contribution < 1.29 is 4.74 Å². The number of hydrogen-bond donors (Lipinski definition) is 0. The summed E-state index contributed by atoms with van der Waals surface area (Å²) in [4.78, 5) is 0. The van der Waals surface area contributed by atoms with Gasteiger partial charge in [-0.2, -0.15) is 0 Å². The summed E-state index contributed by atoms with van der Waals surface area (Å²) >= 11 is 24.5. The molecule has 2 aliphatic carbocycles. The standard InChI is InChI=1S/C14H14Cl4O/c15-8-5-10(17)11(6-9(8)16)19-13-7-12(18)14(13)3-1-2-4-14/h5-6,12-13H,1-4,7H2. The fourth-order valence-corrected chi connectivity index (χ4v) is 4.38. The summed E-state index contributed by atoms with van der Waals surface area (Å²) in [5.74, 6) is 0.607. The van der Waals surface area contributed by atoms with Crippen LogP contribution >= 0.6 is 46.4 Å². The first-order valence-corrected chi connectivity index (χ1v) is 8.05. The van der Waals surface area contributed by atoms with E-state index in [1.54, 1.807) is 12.1 Å². The molecule has 0 amide bonds. The second-order valence-electron chi connectivity index (χ2n) is 5.45. The molecule has 2 saturated carbocycles. The summed E-state index contributed by atoms with van der Waals surface area (Å²) in [6.07, 6.45) is 5.77. The second kappa shape index (κ2) is 5.18. The summed E-state index contributed by atoms with van der Waals surface area (Å²) in [5, 5.41) is 1.63. The van der Waals surface area contributed by atoms with Crippen molar-refractivity contribution in [1.82, 2.24) is 0 Å². The predicted octanol–water partition coefficient (Wildman–Crippen LogP) is 5.97. The van der Waals surface area contributed by atoms with Gasteiger partial charge in [-0.3, -0.25) is 0 Å². The van der Waals surface area contributed by atoms with Crippen LogP contribution in [-0.2, 0) is 0 Å². The van der Waals surface area contributed by atoms with Gasteiger partial charge >= 0.3 is 0 Å². The van der Waals surface area contributed by atoms with Gasteiger partial charge in [-0.15, -0.1) is 11.6 Å². The monoisotopic (exact) mass is 338 g/mol. The van der Waals surface area contributed by atoms with Gasteiger partial charge in [-0.1, -0.05) is 47.6 Å². The number of alkyl halides is 1. The van der Waals surface area contributed by atoms with Gasteiger partial charge in [0, 0.05) is 23.3 Å². The molecule has 0 aliphatic heterocycles. The summed E-state index contributed by atoms with van der Waals surface area (Å²) in [6.45, 7) is 0. The van der Waals surface area contributed by atoms with Crippen LogP contribution in [0.15, 0.2) is 12.1 Å². The van der Waals surface area contributed by atoms with Crippen molar-refractivity contribution >= 4 is 46.4 Å². The molecule has 0 N–H and O–H groups in total. The van der Waals surface area contributed by atoms with Crippen LogP contribution < -0.4 is 4.74 Å². The fraction of sp³-hybridized carbons (Fsp3) is 0.571. The van der Waals surface area contributed by atoms with Crippen molar-refractivity contribution in [2.24, 2.45) is 5.41 Å². The Kier molecular flexibility index (Phi) is 3.85. The zero-order chi connectivity index (χ0) is 13.6. The summed E-state index contributed by atoms with van der Waals surface area (Å²) in [5.41, 5.74) is 0.136. The number of hydrogen-bond acceptors (Lipinski definition) is 1. The Morgan fingerprint density at radius 2 is 1.63 bits per heavy atom. The molecular weight excluding hydrogens is 326 g/mol. The van der Waals surface area contributed by atoms with Crippen LogP contribution in [0.5, 0.6) is 5.75 Å². The van der Waals surface area contributed by atoms with Gasteiger partial charge in [-0.05, 0) is 18.9 Å². The third kappa shape index (κ3) is 2.33. The molecule has 2 unspecified atom stereocenters. The van der Waals surface area contributed by atoms with E-state index in [-0.39, 0.29) is 16.9 Å². The van der Waals surface area contributed by atoms with Crippen molar-refractivity contribution in [2.75, 3.05) is 0 Å². The number of ether oxygens (including phenoxy) is 1. The molecule has 5 heteroatoms. The van der Waals surface area contributed by atoms with Crippen molar-refractivity contribution in [1.29, 1.82) is 0 Å². The highest BCUT2D eigenvalue weighted by Crippen LogP contribution is 2.57. The largest absolute Gasteiger partial charge is 0.488 e. The normalized spacial score (nSPS) is 28.4. The molecule has 0 saturated heterocycles. The molecule has 3 rings (SSSR count). The number of halogens is 4. The smallest absolute Gasteiger partial charge is 0.139 e. The zero-order valence-corrected chi connectivity index (χ0v) is 13.3. The lowest BCUT2D eigenvalue weighted by Crippen LogP contribution is -2.55. The van der Waals surface area contributed by atoms with Crippen molar-refractivity contribution in [3.63, 3.8) is 0 Å². The molecule has 0 radical (unpaired) electrons. The molecule has 19 heavy (non-hydrogen) atoms. The van der Waals surface area contributed by atoms with Gasteiger partial charge < -0.3 is 4.74 Å². The molecular formula is C14H14Cl4O. The highest BCUT2D eigenvalue weighted by molar-refractivity contribution is 6.43. The van der Waals surface area contributed by atoms with Crippen LogP contribution in [0.2, 0.25) is 15.1 Å². The van der Waals surface area contributed by atoms with Crippen LogP contribution in [0.25, 0.3) is 0 Å². The Labute approximate surface area is 133 Å². The van der Waals surface area contributed by atoms with Crippen LogP contribution in [0.3, 0.4) is 0 Å². The van der Waals surface area contributed by atoms with Gasteiger partial charge in [0.1, 0.15) is 11.9 Å². The highest BCUT2D eigenvalue weighted by atomic mass is 35.5. The summed E-state index contributed by atoms with van der Waals surface area (Å²) in [6, 6.07) is 3.31. The first kappa shape index (κ1) is 14.1. The molecule has 2 atom stereocenters. The summed E-state index contributed by atoms with van der Waals surface area (Å²) < 4.78 is 6.07. The summed E-state index contributed by atoms with van der Waals surface area (Å²) in [7, 11) is 0. The number of rotatable bonds is 2. The molecule has 0 bridgehead atoms. The van der Waals surface area contributed by atoms with E-state index in [0.29, 0.717) is 20.8 Å². The van der Waals surface area contributed by atoms with Gasteiger partial charge in [0.05, 0.1) is 15.1 Å². The predicted molar refractivity (Wildman–Crippen MR) is 81.0 cm³/mol. The molecule has 1 aromatic rings. The Hall–Kier alpha value is 0.180. The Morgan fingerprint density at radius 1 is 1.00 bits per heavy atom. The molecule has 1 nitrogen and oxygen atoms in total. The fourth-order valence-electron chi connectivity index (χ4n) is 3.28. The van der Waals surface area contributed by atoms with Crippen molar-refractivity contribution in [3.05, 3.63) is 27.2 Å². The third-order valence-corrected chi connectivity index (χ3v) is 6.09. The zero-order valence-electron chi connectivity index (χ0n) is 10.3. The van der Waals surface area contributed by atoms with Gasteiger partial charge in [0.2, 0.25) is 0 Å². The van der Waals surface area contributed by atoms with Crippen LogP contribution in [0.4, 0.5) is 0 Å². The highest BCUT2D eigenvalue weighted by Gasteiger charge is 2.57. The maximum Gasteiger partial charge on any atom is 0.139 e. The lowest BCUT2D eigenvalue weighted by atomic mass is 9.64. The third-order valence-electron chi connectivity index (χ3n) is 4.46. The van der Waals surface area contributed by atoms with E-state index < -0.39 is 0 Å². The van der Waals surface area contributed by atoms with E-state index in [1.807, 2.05) is 0 Å². The molecule has 1 aromatic carbocycles. The average molecular weight is 340 g/mol. The quantitative estimate of drug-likeness (QED) is 0.476. The van der Waals surface area contributed by atoms with Crippen LogP contribution in [0.1, 0.15) is 32.1 Å². The molecule has 0 heterocycles. The van der Waals surface area contributed by atoms with E-state index in [0.717, 1.165) is 19.3 Å². The Morgan fingerprint density at radius 3 is 2.26 bits per heavy atom. The second-order valence-corrected chi connectivity index (χ2v) is 7.20. The first-order valence-electron chi connectivity index (χ1n) is 6.48. The average Bonchev–Trinajstić information content (AvgIpc) is 2.87. The Bertz CT molecular complexity index is 496. The van der Waals surface area contributed by atoms with Gasteiger partial charge in [0.25, 0.3) is 0 Å². The van der Waals surface area contributed by atoms with E-state index in [1.165, 1.54) is 12.8 Å². The minimum atomic E-state index is 0.136. The van der Waals surface area contributed by atoms with E-state index in [9.17, 15) is 0 Å². The molecule has 104 valence electrons. The van der Waals surface area contributed by atoms with Crippen LogP contribution in [-0.4, -0.2) is 11.5 Å². The van der Waals surface area contributed by atoms with Crippen molar-refractivity contribution in [3.8, 4) is 5.75 Å². The minimum Gasteiger partial charge on any atom is -0.488 e. The SMILES string of the molecule is Clc1cc(Cl)c(OC2CC(Cl)C23CCCC3)cc1Cl. The molecule has 2 aliphatic rings. The van der Waals surface area contributed by atoms with E-state index >= 15 is 0 Å². The molecule has 2 fully saturated rings. The number of benzene rings is 1. The maximum atomic E-state index is 6.41. The topological polar surface area (TPSA) is 9.23 Å². The lowest BCUT2D eigenvalue weighted by Gasteiger charge is -2.51. The van der Waals surface area contributed by atoms with Crippen LogP contribution in [0, 0.1) is 5.41 Å². The Balaban J connectivity index is 1.81. The van der Waals surface area contributed by atoms with Crippen molar-refractivity contribution in [2.45, 2.75) is 43.6 Å². The van der Waals surface area contributed by atoms with E-state index in [4.69, 9.17) is 51.1 Å². The molecule has 1 spiro atoms. The van der Waals surface area contributed by atoms with Gasteiger partial charge in [-0.25, -0.2) is 0 Å².